The third-order valence-corrected chi connectivity index (χ3v) is 5.48. The number of phenols is 1. The molecule has 174 valence electrons. The van der Waals surface area contributed by atoms with E-state index in [0.717, 1.165) is 24.8 Å². The van der Waals surface area contributed by atoms with Crippen molar-refractivity contribution in [3.63, 3.8) is 0 Å². The summed E-state index contributed by atoms with van der Waals surface area (Å²) in [6.07, 6.45) is 4.64. The van der Waals surface area contributed by atoms with E-state index < -0.39 is 12.0 Å². The number of rotatable bonds is 14. The highest BCUT2D eigenvalue weighted by atomic mass is 16.5. The molecule has 0 unspecified atom stereocenters. The number of benzene rings is 1. The lowest BCUT2D eigenvalue weighted by Crippen LogP contribution is -2.45. The molecular weight excluding hydrogens is 394 g/mol. The van der Waals surface area contributed by atoms with Gasteiger partial charge in [0, 0.05) is 12.3 Å². The molecule has 0 spiro atoms. The van der Waals surface area contributed by atoms with Gasteiger partial charge in [-0.3, -0.25) is 14.4 Å². The first-order chi connectivity index (χ1) is 14.7. The van der Waals surface area contributed by atoms with E-state index in [1.54, 1.807) is 24.3 Å². The number of carbonyl (C=O) groups excluding carboxylic acids is 3. The first kappa shape index (κ1) is 26.7. The number of Topliss-reactive ketones (excluding diaryl/α,β-unsaturated/α-hetero) is 1. The fourth-order valence-electron chi connectivity index (χ4n) is 3.63. The average Bonchev–Trinajstić information content (AvgIpc) is 2.73. The van der Waals surface area contributed by atoms with Crippen molar-refractivity contribution in [3.05, 3.63) is 29.8 Å². The first-order valence-corrected chi connectivity index (χ1v) is 11.4. The van der Waals surface area contributed by atoms with Crippen molar-refractivity contribution in [2.24, 2.45) is 17.8 Å². The summed E-state index contributed by atoms with van der Waals surface area (Å²) in [7, 11) is 1.35. The van der Waals surface area contributed by atoms with Gasteiger partial charge in [0.1, 0.15) is 5.75 Å². The Kier molecular flexibility index (Phi) is 11.9. The molecule has 0 aromatic heterocycles. The van der Waals surface area contributed by atoms with Crippen LogP contribution in [0.15, 0.2) is 24.3 Å². The molecule has 0 fully saturated rings. The molecule has 6 nitrogen and oxygen atoms in total. The Morgan fingerprint density at radius 3 is 2.26 bits per heavy atom. The van der Waals surface area contributed by atoms with Crippen molar-refractivity contribution in [2.45, 2.75) is 78.7 Å². The Hall–Kier alpha value is -2.37. The number of phenolic OH excluding ortho intramolecular Hbond substituents is 1. The van der Waals surface area contributed by atoms with Crippen molar-refractivity contribution < 1.29 is 24.2 Å². The number of esters is 1. The summed E-state index contributed by atoms with van der Waals surface area (Å²) in [5.41, 5.74) is 0.939. The van der Waals surface area contributed by atoms with E-state index in [2.05, 4.69) is 12.2 Å². The van der Waals surface area contributed by atoms with Crippen molar-refractivity contribution in [3.8, 4) is 5.75 Å². The smallest absolute Gasteiger partial charge is 0.309 e. The Bertz CT molecular complexity index is 698. The SMILES string of the molecule is CCCCC[C@H](CC(=O)[C@H](CC(C)C)NC(=O)[C@@H](C)Cc1ccc(O)cc1)C(=O)OC. The molecule has 0 aliphatic carbocycles. The zero-order valence-electron chi connectivity index (χ0n) is 19.6. The summed E-state index contributed by atoms with van der Waals surface area (Å²) in [5, 5.41) is 12.3. The molecule has 0 saturated heterocycles. The number of methoxy groups -OCH3 is 1. The number of nitrogens with one attached hydrogen (secondary N) is 1. The summed E-state index contributed by atoms with van der Waals surface area (Å²) in [6, 6.07) is 6.14. The standard InChI is InChI=1S/C25H39NO5/c1-6-7-8-9-20(25(30)31-5)16-23(28)22(14-17(2)3)26-24(29)18(4)15-19-10-12-21(27)13-11-19/h10-13,17-18,20,22,27H,6-9,14-16H2,1-5H3,(H,26,29)/t18-,20+,22-/m0/s1. The highest BCUT2D eigenvalue weighted by Gasteiger charge is 2.29. The van der Waals surface area contributed by atoms with Crippen molar-refractivity contribution in [2.75, 3.05) is 7.11 Å². The molecule has 3 atom stereocenters. The second-order valence-corrected chi connectivity index (χ2v) is 8.85. The highest BCUT2D eigenvalue weighted by molar-refractivity contribution is 5.92. The molecule has 0 radical (unpaired) electrons. The zero-order chi connectivity index (χ0) is 23.4. The van der Waals surface area contributed by atoms with Crippen molar-refractivity contribution in [1.29, 1.82) is 0 Å². The molecule has 1 amide bonds. The van der Waals surface area contributed by atoms with Gasteiger partial charge in [-0.2, -0.15) is 0 Å². The number of hydrogen-bond acceptors (Lipinski definition) is 5. The van der Waals surface area contributed by atoms with Crippen LogP contribution in [0.1, 0.15) is 71.8 Å². The molecule has 6 heteroatoms. The maximum absolute atomic E-state index is 13.0. The van der Waals surface area contributed by atoms with Gasteiger partial charge in [0.05, 0.1) is 19.1 Å². The number of carbonyl (C=O) groups is 3. The van der Waals surface area contributed by atoms with Gasteiger partial charge >= 0.3 is 5.97 Å². The molecule has 0 aliphatic heterocycles. The van der Waals surface area contributed by atoms with Crippen LogP contribution in [0.2, 0.25) is 0 Å². The van der Waals surface area contributed by atoms with E-state index in [1.807, 2.05) is 20.8 Å². The number of aromatic hydroxyl groups is 1. The van der Waals surface area contributed by atoms with Gasteiger partial charge < -0.3 is 15.2 Å². The number of unbranched alkanes of at least 4 members (excludes halogenated alkanes) is 2. The lowest BCUT2D eigenvalue weighted by molar-refractivity contribution is -0.147. The third-order valence-electron chi connectivity index (χ3n) is 5.48. The predicted molar refractivity (Wildman–Crippen MR) is 122 cm³/mol. The molecule has 1 rings (SSSR count). The summed E-state index contributed by atoms with van der Waals surface area (Å²) < 4.78 is 4.90. The molecule has 31 heavy (non-hydrogen) atoms. The Balaban J connectivity index is 2.79. The Labute approximate surface area is 186 Å². The number of amides is 1. The maximum atomic E-state index is 13.0. The topological polar surface area (TPSA) is 92.7 Å². The largest absolute Gasteiger partial charge is 0.508 e. The minimum Gasteiger partial charge on any atom is -0.508 e. The highest BCUT2D eigenvalue weighted by Crippen LogP contribution is 2.20. The predicted octanol–water partition coefficient (Wildman–Crippen LogP) is 4.43. The lowest BCUT2D eigenvalue weighted by atomic mass is 9.90. The summed E-state index contributed by atoms with van der Waals surface area (Å²) in [6.45, 7) is 7.92. The minimum atomic E-state index is -0.618. The zero-order valence-corrected chi connectivity index (χ0v) is 19.6. The summed E-state index contributed by atoms with van der Waals surface area (Å²) in [4.78, 5) is 38.0. The van der Waals surface area contributed by atoms with Gasteiger partial charge in [0.15, 0.2) is 5.78 Å². The average molecular weight is 434 g/mol. The van der Waals surface area contributed by atoms with Gasteiger partial charge in [0.25, 0.3) is 0 Å². The Morgan fingerprint density at radius 2 is 1.71 bits per heavy atom. The number of hydrogen-bond donors (Lipinski definition) is 2. The number of ketones is 1. The molecule has 2 N–H and O–H groups in total. The fourth-order valence-corrected chi connectivity index (χ4v) is 3.63. The second kappa shape index (κ2) is 13.8. The molecule has 0 heterocycles. The normalized spacial score (nSPS) is 14.0. The van der Waals surface area contributed by atoms with E-state index in [-0.39, 0.29) is 41.7 Å². The molecule has 0 aliphatic rings. The van der Waals surface area contributed by atoms with Gasteiger partial charge in [-0.25, -0.2) is 0 Å². The van der Waals surface area contributed by atoms with Crippen molar-refractivity contribution >= 4 is 17.7 Å². The van der Waals surface area contributed by atoms with Crippen LogP contribution in [0.25, 0.3) is 0 Å². The van der Waals surface area contributed by atoms with E-state index in [0.29, 0.717) is 19.3 Å². The molecule has 0 saturated carbocycles. The van der Waals surface area contributed by atoms with Crippen LogP contribution in [0, 0.1) is 17.8 Å². The lowest BCUT2D eigenvalue weighted by Gasteiger charge is -2.23. The van der Waals surface area contributed by atoms with Crippen LogP contribution in [-0.2, 0) is 25.5 Å². The van der Waals surface area contributed by atoms with E-state index >= 15 is 0 Å². The van der Waals surface area contributed by atoms with Crippen LogP contribution < -0.4 is 5.32 Å². The third kappa shape index (κ3) is 9.99. The molecule has 0 bridgehead atoms. The molecule has 1 aromatic rings. The van der Waals surface area contributed by atoms with Gasteiger partial charge in [-0.15, -0.1) is 0 Å². The number of ether oxygens (including phenoxy) is 1. The minimum absolute atomic E-state index is 0.0837. The van der Waals surface area contributed by atoms with Crippen LogP contribution in [0.4, 0.5) is 0 Å². The fraction of sp³-hybridized carbons (Fsp3) is 0.640. The van der Waals surface area contributed by atoms with E-state index in [9.17, 15) is 19.5 Å². The monoisotopic (exact) mass is 433 g/mol. The Morgan fingerprint density at radius 1 is 1.06 bits per heavy atom. The summed E-state index contributed by atoms with van der Waals surface area (Å²) >= 11 is 0. The van der Waals surface area contributed by atoms with Crippen molar-refractivity contribution in [1.82, 2.24) is 5.32 Å². The van der Waals surface area contributed by atoms with Gasteiger partial charge in [-0.05, 0) is 42.9 Å². The second-order valence-electron chi connectivity index (χ2n) is 8.85. The van der Waals surface area contributed by atoms with Crippen LogP contribution >= 0.6 is 0 Å². The molecular formula is C25H39NO5. The van der Waals surface area contributed by atoms with Gasteiger partial charge in [-0.1, -0.05) is 59.1 Å². The quantitative estimate of drug-likeness (QED) is 0.334. The first-order valence-electron chi connectivity index (χ1n) is 11.4. The van der Waals surface area contributed by atoms with Crippen LogP contribution in [0.5, 0.6) is 5.75 Å². The van der Waals surface area contributed by atoms with E-state index in [4.69, 9.17) is 4.74 Å². The van der Waals surface area contributed by atoms with Crippen LogP contribution in [0.3, 0.4) is 0 Å². The maximum Gasteiger partial charge on any atom is 0.309 e. The van der Waals surface area contributed by atoms with E-state index in [1.165, 1.54) is 7.11 Å². The van der Waals surface area contributed by atoms with Gasteiger partial charge in [0.2, 0.25) is 5.91 Å². The van der Waals surface area contributed by atoms with Crippen LogP contribution in [-0.4, -0.2) is 35.9 Å². The molecule has 1 aromatic carbocycles. The summed E-state index contributed by atoms with van der Waals surface area (Å²) in [5.74, 6) is -1.06.